The van der Waals surface area contributed by atoms with Gasteiger partial charge in [-0.3, -0.25) is 14.4 Å². The predicted octanol–water partition coefficient (Wildman–Crippen LogP) is 6.32. The summed E-state index contributed by atoms with van der Waals surface area (Å²) in [4.78, 5) is 55.7. The Kier molecular flexibility index (Phi) is 34.2. The molecule has 6 aliphatic heterocycles. The average molecular weight is 1380 g/mol. The zero-order valence-electron chi connectivity index (χ0n) is 57.9. The van der Waals surface area contributed by atoms with Gasteiger partial charge in [0.2, 0.25) is 0 Å². The van der Waals surface area contributed by atoms with Gasteiger partial charge >= 0.3 is 23.9 Å². The standard InChI is InChI=1S/C71H114O26/c1-8-11-14-15-17-21-30-37-50(75)93-66-65(97-67-56(81)54(79)53(78)47(40-72)89-67)61(95-68-58(83)62(91-51(76)39-38-45-31-26-23-27-32-45)60(43(6)85-68)90-48(73)35-25-13-10-3)44(7)87-71(66)94-59-42(5)86-70-64(57(59)82)92-49(74)36-29-22-19-16-18-20-28-34-46(33-24-12-9-2)88-69-63(96-70)55(80)52(77)41(4)84-69/h23,26-27,31-32,38-39,41-44,46-47,52-72,77-83H,8-22,24-25,28-30,33-37,40H2,1-7H3/b39-38-/t41-,42+,43+,44+,46+,47-,52+,53-,54+,55+,56-,57-,58-,59+,60+,61+,62+,63-,64-,65-,66-,67+,68+,69+,70+,71+/m1/s1. The van der Waals surface area contributed by atoms with Crippen molar-refractivity contribution in [2.24, 2.45) is 0 Å². The number of benzene rings is 1. The van der Waals surface area contributed by atoms with Gasteiger partial charge in [-0.25, -0.2) is 4.79 Å². The molecule has 0 unspecified atom stereocenters. The Hall–Kier alpha value is -3.88. The van der Waals surface area contributed by atoms with Gasteiger partial charge in [0.05, 0.1) is 37.1 Å². The van der Waals surface area contributed by atoms with Crippen molar-refractivity contribution in [1.29, 1.82) is 0 Å². The molecule has 0 aromatic heterocycles. The van der Waals surface area contributed by atoms with E-state index in [2.05, 4.69) is 13.8 Å². The van der Waals surface area contributed by atoms with E-state index in [0.29, 0.717) is 44.1 Å². The van der Waals surface area contributed by atoms with Crippen LogP contribution in [-0.4, -0.2) is 231 Å². The van der Waals surface area contributed by atoms with E-state index in [1.54, 1.807) is 37.3 Å². The molecule has 0 aliphatic carbocycles. The molecule has 0 amide bonds. The second kappa shape index (κ2) is 41.3. The lowest BCUT2D eigenvalue weighted by atomic mass is 9.95. The van der Waals surface area contributed by atoms with E-state index in [9.17, 15) is 60.0 Å². The van der Waals surface area contributed by atoms with Crippen molar-refractivity contribution in [3.63, 3.8) is 0 Å². The molecule has 0 saturated carbocycles. The van der Waals surface area contributed by atoms with Gasteiger partial charge in [-0.2, -0.15) is 0 Å². The van der Waals surface area contributed by atoms with Crippen LogP contribution in [0.25, 0.3) is 6.08 Å². The fourth-order valence-electron chi connectivity index (χ4n) is 13.3. The molecule has 0 radical (unpaired) electrons. The van der Waals surface area contributed by atoms with Crippen LogP contribution in [0.15, 0.2) is 36.4 Å². The number of unbranched alkanes of at least 4 members (excludes halogenated alkanes) is 10. The van der Waals surface area contributed by atoms with Crippen molar-refractivity contribution in [3.8, 4) is 0 Å². The van der Waals surface area contributed by atoms with Crippen molar-refractivity contribution < 1.29 is 126 Å². The van der Waals surface area contributed by atoms with Crippen LogP contribution in [0.1, 0.15) is 215 Å². The first-order chi connectivity index (χ1) is 46.7. The maximum atomic E-state index is 14.5. The minimum atomic E-state index is -2.05. The van der Waals surface area contributed by atoms with E-state index in [1.165, 1.54) is 26.8 Å². The van der Waals surface area contributed by atoms with Gasteiger partial charge in [0.25, 0.3) is 0 Å². The lowest BCUT2D eigenvalue weighted by Crippen LogP contribution is -2.68. The molecule has 6 aliphatic rings. The third-order valence-electron chi connectivity index (χ3n) is 19.1. The Labute approximate surface area is 571 Å². The second-order valence-electron chi connectivity index (χ2n) is 27.0. The second-order valence-corrected chi connectivity index (χ2v) is 27.0. The summed E-state index contributed by atoms with van der Waals surface area (Å²) >= 11 is 0. The summed E-state index contributed by atoms with van der Waals surface area (Å²) in [6, 6.07) is 8.86. The SMILES string of the molecule is CCCCCCCCCC(=O)O[C@H]1[C@H](O[C@@H]2[C@@H](O)[C@H]3OC(=O)CCCCCCCCC[C@H](CCCCC)O[C@@H]4O[C@H](C)[C@H](O)[C@H](O)[C@H]4O[C@@H]3O[C@H]2C)O[C@@H](C)[C@H](O[C@@H]2O[C@@H](C)[C@H](OC(=O)CCCCC)[C@@H](OC(=O)/C=C\c3ccccc3)[C@H]2O)[C@H]1O[C@@H]1O[C@H](CO)[C@@H](O)[C@H](O)[C@H]1O. The number of esters is 4. The number of carbonyl (C=O) groups excluding carboxylic acids is 4. The lowest BCUT2D eigenvalue weighted by Gasteiger charge is -2.51. The largest absolute Gasteiger partial charge is 0.455 e. The molecule has 0 spiro atoms. The van der Waals surface area contributed by atoms with Crippen LogP contribution in [0.4, 0.5) is 0 Å². The maximum absolute atomic E-state index is 14.5. The third kappa shape index (κ3) is 23.6. The molecular weight excluding hydrogens is 1270 g/mol. The normalized spacial score (nSPS) is 38.2. The number of aliphatic hydroxyl groups is 8. The van der Waals surface area contributed by atoms with Gasteiger partial charge in [0.1, 0.15) is 73.2 Å². The Morgan fingerprint density at radius 2 is 1.02 bits per heavy atom. The first-order valence-corrected chi connectivity index (χ1v) is 36.1. The highest BCUT2D eigenvalue weighted by atomic mass is 16.8. The topological polar surface area (TPSA) is 359 Å². The molecular formula is C71H114O26. The van der Waals surface area contributed by atoms with E-state index in [0.717, 1.165) is 109 Å². The van der Waals surface area contributed by atoms with Gasteiger partial charge in [-0.15, -0.1) is 0 Å². The minimum Gasteiger partial charge on any atom is -0.455 e. The molecule has 554 valence electrons. The summed E-state index contributed by atoms with van der Waals surface area (Å²) in [5.74, 6) is -3.09. The summed E-state index contributed by atoms with van der Waals surface area (Å²) < 4.78 is 89.3. The number of aliphatic hydroxyl groups excluding tert-OH is 8. The molecule has 26 heteroatoms. The van der Waals surface area contributed by atoms with E-state index in [-0.39, 0.29) is 25.4 Å². The fourth-order valence-corrected chi connectivity index (χ4v) is 13.3. The molecule has 6 saturated heterocycles. The lowest BCUT2D eigenvalue weighted by molar-refractivity contribution is -0.400. The molecule has 1 aromatic carbocycles. The fraction of sp³-hybridized carbons (Fsp3) is 0.831. The van der Waals surface area contributed by atoms with Crippen LogP contribution in [-0.2, 0) is 85.5 Å². The maximum Gasteiger partial charge on any atom is 0.331 e. The molecule has 97 heavy (non-hydrogen) atoms. The average Bonchev–Trinajstić information content (AvgIpc) is 0.764. The van der Waals surface area contributed by atoms with Gasteiger partial charge in [-0.1, -0.05) is 160 Å². The molecule has 26 nitrogen and oxygen atoms in total. The van der Waals surface area contributed by atoms with Crippen LogP contribution >= 0.6 is 0 Å². The van der Waals surface area contributed by atoms with Crippen LogP contribution < -0.4 is 0 Å². The number of hydrogen-bond acceptors (Lipinski definition) is 26. The number of rotatable bonds is 28. The molecule has 8 N–H and O–H groups in total. The molecule has 7 rings (SSSR count). The van der Waals surface area contributed by atoms with E-state index in [4.69, 9.17) is 66.3 Å². The first kappa shape index (κ1) is 80.4. The van der Waals surface area contributed by atoms with E-state index >= 15 is 0 Å². The molecule has 1 aromatic rings. The van der Waals surface area contributed by atoms with Crippen molar-refractivity contribution in [3.05, 3.63) is 42.0 Å². The van der Waals surface area contributed by atoms with Gasteiger partial charge in [0.15, 0.2) is 55.9 Å². The van der Waals surface area contributed by atoms with E-state index in [1.807, 2.05) is 6.92 Å². The van der Waals surface area contributed by atoms with Crippen molar-refractivity contribution in [2.45, 2.75) is 369 Å². The summed E-state index contributed by atoms with van der Waals surface area (Å²) in [5, 5.41) is 92.5. The monoisotopic (exact) mass is 1380 g/mol. The van der Waals surface area contributed by atoms with Gasteiger partial charge in [-0.05, 0) is 71.4 Å². The Morgan fingerprint density at radius 1 is 0.474 bits per heavy atom. The first-order valence-electron chi connectivity index (χ1n) is 36.1. The van der Waals surface area contributed by atoms with Crippen molar-refractivity contribution >= 4 is 30.0 Å². The summed E-state index contributed by atoms with van der Waals surface area (Å²) in [6.45, 7) is 11.4. The molecule has 26 atom stereocenters. The van der Waals surface area contributed by atoms with Crippen LogP contribution in [0.5, 0.6) is 0 Å². The number of carbonyl (C=O) groups is 4. The van der Waals surface area contributed by atoms with Crippen LogP contribution in [0, 0.1) is 0 Å². The zero-order valence-corrected chi connectivity index (χ0v) is 57.9. The van der Waals surface area contributed by atoms with Crippen molar-refractivity contribution in [1.82, 2.24) is 0 Å². The molecule has 0 bridgehead atoms. The highest BCUT2D eigenvalue weighted by molar-refractivity contribution is 5.87. The summed E-state index contributed by atoms with van der Waals surface area (Å²) in [6.07, 6.45) is -20.3. The Bertz CT molecular complexity index is 2470. The van der Waals surface area contributed by atoms with Gasteiger partial charge < -0.3 is 107 Å². The van der Waals surface area contributed by atoms with Crippen molar-refractivity contribution in [2.75, 3.05) is 6.61 Å². The number of ether oxygens (including phenoxy) is 14. The highest BCUT2D eigenvalue weighted by Gasteiger charge is 2.59. The minimum absolute atomic E-state index is 0.0146. The summed E-state index contributed by atoms with van der Waals surface area (Å²) in [7, 11) is 0. The highest BCUT2D eigenvalue weighted by Crippen LogP contribution is 2.40. The quantitative estimate of drug-likeness (QED) is 0.0197. The molecule has 6 heterocycles. The van der Waals surface area contributed by atoms with E-state index < -0.39 is 184 Å². The number of hydrogen-bond donors (Lipinski definition) is 8. The molecule has 6 fully saturated rings. The Morgan fingerprint density at radius 3 is 1.71 bits per heavy atom. The predicted molar refractivity (Wildman–Crippen MR) is 347 cm³/mol. The van der Waals surface area contributed by atoms with Gasteiger partial charge in [0, 0.05) is 25.3 Å². The third-order valence-corrected chi connectivity index (χ3v) is 19.1. The number of fused-ring (bicyclic) bond motifs is 2. The smallest absolute Gasteiger partial charge is 0.331 e. The van der Waals surface area contributed by atoms with Crippen LogP contribution in [0.3, 0.4) is 0 Å². The van der Waals surface area contributed by atoms with Crippen LogP contribution in [0.2, 0.25) is 0 Å². The summed E-state index contributed by atoms with van der Waals surface area (Å²) in [5.41, 5.74) is 0.656. The Balaban J connectivity index is 1.25. The zero-order chi connectivity index (χ0) is 70.1.